The van der Waals surface area contributed by atoms with Gasteiger partial charge in [-0.15, -0.1) is 0 Å². The second-order valence-electron chi connectivity index (χ2n) is 3.67. The molecule has 0 aliphatic carbocycles. The number of ether oxygens (including phenoxy) is 1. The van der Waals surface area contributed by atoms with Crippen molar-refractivity contribution in [3.05, 3.63) is 12.3 Å². The van der Waals surface area contributed by atoms with E-state index < -0.39 is 0 Å². The van der Waals surface area contributed by atoms with Crippen LogP contribution in [0.2, 0.25) is 0 Å². The van der Waals surface area contributed by atoms with Gasteiger partial charge < -0.3 is 15.4 Å². The Labute approximate surface area is 94.2 Å². The molecule has 0 atom stereocenters. The molecule has 0 saturated heterocycles. The maximum absolute atomic E-state index is 11.1. The molecule has 0 spiro atoms. The number of hydrogen-bond donors (Lipinski definition) is 2. The fourth-order valence-corrected chi connectivity index (χ4v) is 1.45. The van der Waals surface area contributed by atoms with E-state index in [9.17, 15) is 4.79 Å². The van der Waals surface area contributed by atoms with Crippen LogP contribution in [0.1, 0.15) is 19.8 Å². The first-order valence-corrected chi connectivity index (χ1v) is 5.46. The molecule has 0 radical (unpaired) electrons. The second kappa shape index (κ2) is 4.83. The van der Waals surface area contributed by atoms with E-state index in [4.69, 9.17) is 4.74 Å². The number of nitrogens with one attached hydrogen (secondary N) is 2. The number of carbonyl (C=O) groups excluding carboxylic acids is 1. The minimum atomic E-state index is -0.0473. The average Bonchev–Trinajstić information content (AvgIpc) is 2.29. The Morgan fingerprint density at radius 1 is 1.50 bits per heavy atom. The molecule has 1 aromatic heterocycles. The van der Waals surface area contributed by atoms with Crippen LogP contribution in [0.5, 0.6) is 5.88 Å². The van der Waals surface area contributed by atoms with Gasteiger partial charge in [0.1, 0.15) is 0 Å². The number of hydrogen-bond acceptors (Lipinski definition) is 4. The summed E-state index contributed by atoms with van der Waals surface area (Å²) in [6.07, 6.45) is 3.73. The summed E-state index contributed by atoms with van der Waals surface area (Å²) in [6, 6.07) is 1.81. The van der Waals surface area contributed by atoms with E-state index in [1.165, 1.54) is 0 Å². The van der Waals surface area contributed by atoms with Crippen molar-refractivity contribution >= 4 is 17.3 Å². The molecule has 1 aromatic rings. The summed E-state index contributed by atoms with van der Waals surface area (Å²) in [6.45, 7) is 3.08. The number of fused-ring (bicyclic) bond motifs is 1. The normalized spacial score (nSPS) is 13.7. The van der Waals surface area contributed by atoms with Crippen molar-refractivity contribution in [2.75, 3.05) is 23.8 Å². The third-order valence-corrected chi connectivity index (χ3v) is 2.34. The summed E-state index contributed by atoms with van der Waals surface area (Å²) in [4.78, 5) is 15.2. The molecule has 0 unspecified atom stereocenters. The van der Waals surface area contributed by atoms with Gasteiger partial charge in [0, 0.05) is 6.07 Å². The molecule has 1 aliphatic rings. The van der Waals surface area contributed by atoms with E-state index in [-0.39, 0.29) is 5.91 Å². The van der Waals surface area contributed by atoms with E-state index in [0.717, 1.165) is 18.5 Å². The molecular formula is C11H15N3O2. The summed E-state index contributed by atoms with van der Waals surface area (Å²) in [5.74, 6) is 0.546. The zero-order valence-corrected chi connectivity index (χ0v) is 9.25. The predicted octanol–water partition coefficient (Wildman–Crippen LogP) is 1.62. The van der Waals surface area contributed by atoms with Gasteiger partial charge >= 0.3 is 0 Å². The largest absolute Gasteiger partial charge is 0.478 e. The number of amides is 1. The highest BCUT2D eigenvalue weighted by atomic mass is 16.5. The van der Waals surface area contributed by atoms with Crippen molar-refractivity contribution in [3.8, 4) is 5.88 Å². The molecule has 5 nitrogen and oxygen atoms in total. The number of anilines is 2. The van der Waals surface area contributed by atoms with Crippen LogP contribution >= 0.6 is 0 Å². The first-order valence-electron chi connectivity index (χ1n) is 5.46. The molecule has 0 saturated carbocycles. The Hall–Kier alpha value is -1.78. The Balaban J connectivity index is 2.04. The molecule has 86 valence electrons. The van der Waals surface area contributed by atoms with Gasteiger partial charge in [-0.3, -0.25) is 4.79 Å². The number of unbranched alkanes of at least 4 members (excludes halogenated alkanes) is 1. The minimum absolute atomic E-state index is 0.0473. The molecule has 0 aromatic carbocycles. The van der Waals surface area contributed by atoms with Crippen LogP contribution in [0.25, 0.3) is 0 Å². The second-order valence-corrected chi connectivity index (χ2v) is 3.67. The summed E-state index contributed by atoms with van der Waals surface area (Å²) in [5.41, 5.74) is 1.57. The lowest BCUT2D eigenvalue weighted by molar-refractivity contribution is -0.114. The Kier molecular flexibility index (Phi) is 3.24. The van der Waals surface area contributed by atoms with Crippen LogP contribution in [0, 0.1) is 0 Å². The molecular weight excluding hydrogens is 206 g/mol. The molecule has 1 aliphatic heterocycles. The highest BCUT2D eigenvalue weighted by Gasteiger charge is 2.14. The first-order chi connectivity index (χ1) is 7.79. The standard InChI is InChI=1S/C11H15N3O2/c1-2-3-4-16-11-5-8-9(6-13-11)14-10(15)7-12-8/h5-6,12H,2-4,7H2,1H3,(H,14,15). The monoisotopic (exact) mass is 221 g/mol. The lowest BCUT2D eigenvalue weighted by atomic mass is 10.3. The van der Waals surface area contributed by atoms with Crippen molar-refractivity contribution in [1.82, 2.24) is 4.98 Å². The molecule has 2 rings (SSSR count). The summed E-state index contributed by atoms with van der Waals surface area (Å²) >= 11 is 0. The Morgan fingerprint density at radius 3 is 3.19 bits per heavy atom. The lowest BCUT2D eigenvalue weighted by Crippen LogP contribution is -2.27. The highest BCUT2D eigenvalue weighted by molar-refractivity contribution is 6.00. The number of rotatable bonds is 4. The van der Waals surface area contributed by atoms with Crippen molar-refractivity contribution in [2.24, 2.45) is 0 Å². The van der Waals surface area contributed by atoms with Gasteiger partial charge in [0.05, 0.1) is 30.7 Å². The lowest BCUT2D eigenvalue weighted by Gasteiger charge is -2.18. The quantitative estimate of drug-likeness (QED) is 0.758. The molecule has 1 amide bonds. The maximum atomic E-state index is 11.1. The van der Waals surface area contributed by atoms with Crippen LogP contribution in [-0.4, -0.2) is 24.0 Å². The van der Waals surface area contributed by atoms with Crippen LogP contribution in [0.3, 0.4) is 0 Å². The fraction of sp³-hybridized carbons (Fsp3) is 0.455. The third-order valence-electron chi connectivity index (χ3n) is 2.34. The maximum Gasteiger partial charge on any atom is 0.243 e. The fourth-order valence-electron chi connectivity index (χ4n) is 1.45. The van der Waals surface area contributed by atoms with Gasteiger partial charge in [-0.05, 0) is 6.42 Å². The number of carbonyl (C=O) groups is 1. The van der Waals surface area contributed by atoms with Crippen LogP contribution in [0.4, 0.5) is 11.4 Å². The van der Waals surface area contributed by atoms with Gasteiger partial charge in [0.15, 0.2) is 0 Å². The van der Waals surface area contributed by atoms with Gasteiger partial charge in [0.2, 0.25) is 11.8 Å². The predicted molar refractivity (Wildman–Crippen MR) is 61.8 cm³/mol. The SMILES string of the molecule is CCCCOc1cc2c(cn1)NC(=O)CN2. The number of nitrogens with zero attached hydrogens (tertiary/aromatic N) is 1. The van der Waals surface area contributed by atoms with Crippen molar-refractivity contribution in [3.63, 3.8) is 0 Å². The zero-order chi connectivity index (χ0) is 11.4. The zero-order valence-electron chi connectivity index (χ0n) is 9.25. The summed E-state index contributed by atoms with van der Waals surface area (Å²) in [5, 5.41) is 5.75. The molecule has 0 bridgehead atoms. The minimum Gasteiger partial charge on any atom is -0.478 e. The first kappa shape index (κ1) is 10.7. The number of pyridine rings is 1. The van der Waals surface area contributed by atoms with Crippen LogP contribution in [-0.2, 0) is 4.79 Å². The van der Waals surface area contributed by atoms with Crippen molar-refractivity contribution in [2.45, 2.75) is 19.8 Å². The molecule has 2 heterocycles. The molecule has 2 N–H and O–H groups in total. The van der Waals surface area contributed by atoms with E-state index in [0.29, 0.717) is 24.7 Å². The van der Waals surface area contributed by atoms with E-state index in [1.54, 1.807) is 6.20 Å². The van der Waals surface area contributed by atoms with Crippen LogP contribution < -0.4 is 15.4 Å². The summed E-state index contributed by atoms with van der Waals surface area (Å²) in [7, 11) is 0. The van der Waals surface area contributed by atoms with Gasteiger partial charge in [-0.1, -0.05) is 13.3 Å². The average molecular weight is 221 g/mol. The Bertz CT molecular complexity index is 393. The molecule has 5 heteroatoms. The highest BCUT2D eigenvalue weighted by Crippen LogP contribution is 2.26. The van der Waals surface area contributed by atoms with Gasteiger partial charge in [0.25, 0.3) is 0 Å². The van der Waals surface area contributed by atoms with Gasteiger partial charge in [-0.25, -0.2) is 4.98 Å². The third kappa shape index (κ3) is 2.42. The van der Waals surface area contributed by atoms with E-state index >= 15 is 0 Å². The van der Waals surface area contributed by atoms with Crippen molar-refractivity contribution < 1.29 is 9.53 Å². The Morgan fingerprint density at radius 2 is 2.38 bits per heavy atom. The topological polar surface area (TPSA) is 63.2 Å². The van der Waals surface area contributed by atoms with E-state index in [1.807, 2.05) is 6.07 Å². The van der Waals surface area contributed by atoms with Crippen molar-refractivity contribution in [1.29, 1.82) is 0 Å². The molecule has 16 heavy (non-hydrogen) atoms. The van der Waals surface area contributed by atoms with E-state index in [2.05, 4.69) is 22.5 Å². The summed E-state index contributed by atoms with van der Waals surface area (Å²) < 4.78 is 5.48. The van der Waals surface area contributed by atoms with Gasteiger partial charge in [-0.2, -0.15) is 0 Å². The number of aromatic nitrogens is 1. The molecule has 0 fully saturated rings. The van der Waals surface area contributed by atoms with Crippen LogP contribution in [0.15, 0.2) is 12.3 Å². The smallest absolute Gasteiger partial charge is 0.243 e.